The van der Waals surface area contributed by atoms with Gasteiger partial charge in [0.25, 0.3) is 5.91 Å². The van der Waals surface area contributed by atoms with Crippen molar-refractivity contribution >= 4 is 49.5 Å². The standard InChI is InChI=1S/C28H20N2O6S/c1-3-35-17-12-13-19-21(14-17)37-28(29-19)30-23(15-8-10-16(11-9-15)27(33)34-2)22-24(31)18-6-4-5-7-20(18)36-25(22)26(30)32/h4-14,23H,3H2,1-2H3/t23-/m0/s1. The lowest BCUT2D eigenvalue weighted by Crippen LogP contribution is -2.29. The molecule has 0 saturated carbocycles. The highest BCUT2D eigenvalue weighted by Gasteiger charge is 2.45. The van der Waals surface area contributed by atoms with Crippen molar-refractivity contribution < 1.29 is 23.5 Å². The quantitative estimate of drug-likeness (QED) is 0.293. The summed E-state index contributed by atoms with van der Waals surface area (Å²) in [4.78, 5) is 45.7. The fraction of sp³-hybridized carbons (Fsp3) is 0.143. The Morgan fingerprint density at radius 2 is 1.86 bits per heavy atom. The van der Waals surface area contributed by atoms with Crippen molar-refractivity contribution in [2.75, 3.05) is 18.6 Å². The van der Waals surface area contributed by atoms with Crippen LogP contribution in [0.1, 0.15) is 45.0 Å². The second kappa shape index (κ2) is 8.86. The van der Waals surface area contributed by atoms with E-state index in [0.717, 1.165) is 4.70 Å². The van der Waals surface area contributed by atoms with E-state index >= 15 is 0 Å². The molecule has 6 rings (SSSR count). The first-order chi connectivity index (χ1) is 18.0. The first-order valence-corrected chi connectivity index (χ1v) is 12.4. The molecule has 0 radical (unpaired) electrons. The van der Waals surface area contributed by atoms with Gasteiger partial charge in [0.1, 0.15) is 11.3 Å². The number of thiazole rings is 1. The number of carbonyl (C=O) groups excluding carboxylic acids is 2. The fourth-order valence-electron chi connectivity index (χ4n) is 4.60. The average Bonchev–Trinajstić information content (AvgIpc) is 3.47. The molecule has 0 unspecified atom stereocenters. The van der Waals surface area contributed by atoms with E-state index in [2.05, 4.69) is 0 Å². The van der Waals surface area contributed by atoms with Gasteiger partial charge in [-0.1, -0.05) is 35.6 Å². The van der Waals surface area contributed by atoms with Gasteiger partial charge < -0.3 is 13.9 Å². The van der Waals surface area contributed by atoms with E-state index in [-0.39, 0.29) is 16.8 Å². The maximum absolute atomic E-state index is 13.8. The van der Waals surface area contributed by atoms with E-state index in [1.165, 1.54) is 23.3 Å². The molecule has 0 aliphatic carbocycles. The van der Waals surface area contributed by atoms with Gasteiger partial charge in [-0.2, -0.15) is 0 Å². The number of anilines is 1. The molecule has 184 valence electrons. The summed E-state index contributed by atoms with van der Waals surface area (Å²) in [5, 5.41) is 0.809. The van der Waals surface area contributed by atoms with Crippen LogP contribution < -0.4 is 15.1 Å². The summed E-state index contributed by atoms with van der Waals surface area (Å²) in [5.41, 5.74) is 1.99. The predicted octanol–water partition coefficient (Wildman–Crippen LogP) is 5.34. The molecular formula is C28H20N2O6S. The number of fused-ring (bicyclic) bond motifs is 3. The summed E-state index contributed by atoms with van der Waals surface area (Å²) in [5.74, 6) is -0.239. The molecule has 0 saturated heterocycles. The largest absolute Gasteiger partial charge is 0.494 e. The van der Waals surface area contributed by atoms with Crippen molar-refractivity contribution in [1.29, 1.82) is 0 Å². The number of rotatable bonds is 5. The molecule has 3 aromatic carbocycles. The van der Waals surface area contributed by atoms with Crippen molar-refractivity contribution in [2.45, 2.75) is 13.0 Å². The van der Waals surface area contributed by atoms with Crippen LogP contribution in [0.15, 0.2) is 75.9 Å². The van der Waals surface area contributed by atoms with Gasteiger partial charge in [-0.15, -0.1) is 0 Å². The van der Waals surface area contributed by atoms with Crippen LogP contribution in [-0.2, 0) is 4.74 Å². The Bertz CT molecular complexity index is 1750. The lowest BCUT2D eigenvalue weighted by Gasteiger charge is -2.22. The average molecular weight is 513 g/mol. The van der Waals surface area contributed by atoms with Crippen LogP contribution >= 0.6 is 11.3 Å². The third-order valence-corrected chi connectivity index (χ3v) is 7.31. The zero-order chi connectivity index (χ0) is 25.7. The smallest absolute Gasteiger partial charge is 0.337 e. The van der Waals surface area contributed by atoms with E-state index in [1.807, 2.05) is 25.1 Å². The molecule has 5 aromatic rings. The minimum absolute atomic E-state index is 0.0139. The van der Waals surface area contributed by atoms with Crippen molar-refractivity contribution in [2.24, 2.45) is 0 Å². The van der Waals surface area contributed by atoms with E-state index in [4.69, 9.17) is 18.9 Å². The maximum atomic E-state index is 13.8. The van der Waals surface area contributed by atoms with Crippen LogP contribution in [0.4, 0.5) is 5.13 Å². The highest BCUT2D eigenvalue weighted by Crippen LogP contribution is 2.44. The third-order valence-electron chi connectivity index (χ3n) is 6.29. The molecule has 8 nitrogen and oxygen atoms in total. The summed E-state index contributed by atoms with van der Waals surface area (Å²) >= 11 is 1.33. The van der Waals surface area contributed by atoms with Crippen LogP contribution in [-0.4, -0.2) is 30.6 Å². The first kappa shape index (κ1) is 22.9. The van der Waals surface area contributed by atoms with Crippen molar-refractivity contribution in [3.05, 3.63) is 99.4 Å². The van der Waals surface area contributed by atoms with Gasteiger partial charge in [-0.05, 0) is 55.0 Å². The molecule has 3 heterocycles. The molecule has 2 aromatic heterocycles. The number of amides is 1. The van der Waals surface area contributed by atoms with Gasteiger partial charge in [0, 0.05) is 0 Å². The number of nitrogens with zero attached hydrogens (tertiary/aromatic N) is 2. The number of carbonyl (C=O) groups is 2. The number of esters is 1. The lowest BCUT2D eigenvalue weighted by molar-refractivity contribution is 0.0600. The van der Waals surface area contributed by atoms with Crippen LogP contribution in [0.3, 0.4) is 0 Å². The minimum atomic E-state index is -0.790. The van der Waals surface area contributed by atoms with Gasteiger partial charge in [0.2, 0.25) is 5.76 Å². The van der Waals surface area contributed by atoms with Crippen LogP contribution in [0.25, 0.3) is 21.2 Å². The van der Waals surface area contributed by atoms with Crippen molar-refractivity contribution in [3.63, 3.8) is 0 Å². The molecule has 0 N–H and O–H groups in total. The first-order valence-electron chi connectivity index (χ1n) is 11.6. The molecule has 1 aliphatic heterocycles. The molecule has 1 aliphatic rings. The molecule has 9 heteroatoms. The summed E-state index contributed by atoms with van der Waals surface area (Å²) < 4.78 is 17.3. The van der Waals surface area contributed by atoms with Gasteiger partial charge in [0.15, 0.2) is 10.6 Å². The Kier molecular flexibility index (Phi) is 5.49. The van der Waals surface area contributed by atoms with Crippen molar-refractivity contribution in [3.8, 4) is 5.75 Å². The number of methoxy groups -OCH3 is 1. The summed E-state index contributed by atoms with van der Waals surface area (Å²) in [7, 11) is 1.31. The normalized spacial score (nSPS) is 14.8. The van der Waals surface area contributed by atoms with E-state index < -0.39 is 17.9 Å². The zero-order valence-electron chi connectivity index (χ0n) is 19.9. The monoisotopic (exact) mass is 512 g/mol. The minimum Gasteiger partial charge on any atom is -0.494 e. The Labute approximate surface area is 214 Å². The molecule has 0 fully saturated rings. The van der Waals surface area contributed by atoms with E-state index in [0.29, 0.717) is 45.1 Å². The number of hydrogen-bond acceptors (Lipinski definition) is 8. The van der Waals surface area contributed by atoms with Gasteiger partial charge >= 0.3 is 5.97 Å². The highest BCUT2D eigenvalue weighted by molar-refractivity contribution is 7.22. The molecule has 0 bridgehead atoms. The Balaban J connectivity index is 1.56. The van der Waals surface area contributed by atoms with Crippen molar-refractivity contribution in [1.82, 2.24) is 4.98 Å². The van der Waals surface area contributed by atoms with Gasteiger partial charge in [-0.3, -0.25) is 14.5 Å². The predicted molar refractivity (Wildman–Crippen MR) is 140 cm³/mol. The maximum Gasteiger partial charge on any atom is 0.337 e. The van der Waals surface area contributed by atoms with Gasteiger partial charge in [-0.25, -0.2) is 9.78 Å². The second-order valence-corrected chi connectivity index (χ2v) is 9.43. The SMILES string of the molecule is CCOc1ccc2nc(N3C(=O)c4oc5ccccc5c(=O)c4[C@@H]3c3ccc(C(=O)OC)cc3)sc2c1. The summed E-state index contributed by atoms with van der Waals surface area (Å²) in [6.45, 7) is 2.44. The van der Waals surface area contributed by atoms with E-state index in [1.54, 1.807) is 48.5 Å². The Morgan fingerprint density at radius 1 is 1.08 bits per heavy atom. The number of benzene rings is 3. The van der Waals surface area contributed by atoms with Gasteiger partial charge in [0.05, 0.1) is 46.5 Å². The summed E-state index contributed by atoms with van der Waals surface area (Å²) in [6.07, 6.45) is 0. The topological polar surface area (TPSA) is 98.9 Å². The second-order valence-electron chi connectivity index (χ2n) is 8.42. The fourth-order valence-corrected chi connectivity index (χ4v) is 5.62. The van der Waals surface area contributed by atoms with Crippen LogP contribution in [0.5, 0.6) is 5.75 Å². The number of hydrogen-bond donors (Lipinski definition) is 0. The number of para-hydroxylation sites is 1. The molecule has 1 atom stereocenters. The molecular weight excluding hydrogens is 492 g/mol. The molecule has 1 amide bonds. The molecule has 0 spiro atoms. The van der Waals surface area contributed by atoms with Crippen LogP contribution in [0.2, 0.25) is 0 Å². The third kappa shape index (κ3) is 3.66. The highest BCUT2D eigenvalue weighted by atomic mass is 32.1. The van der Waals surface area contributed by atoms with E-state index in [9.17, 15) is 14.4 Å². The molecule has 37 heavy (non-hydrogen) atoms. The number of ether oxygens (including phenoxy) is 2. The lowest BCUT2D eigenvalue weighted by atomic mass is 9.98. The zero-order valence-corrected chi connectivity index (χ0v) is 20.7. The van der Waals surface area contributed by atoms with Crippen LogP contribution in [0, 0.1) is 0 Å². The Morgan fingerprint density at radius 3 is 2.62 bits per heavy atom. The Hall–Kier alpha value is -4.50. The summed E-state index contributed by atoms with van der Waals surface area (Å²) in [6, 6.07) is 18.2. The number of aromatic nitrogens is 1.